The lowest BCUT2D eigenvalue weighted by Gasteiger charge is -2.10. The van der Waals surface area contributed by atoms with Gasteiger partial charge in [-0.2, -0.15) is 0 Å². The van der Waals surface area contributed by atoms with Gasteiger partial charge in [0.05, 0.1) is 19.8 Å². The minimum atomic E-state index is -0.392. The summed E-state index contributed by atoms with van der Waals surface area (Å²) in [5, 5.41) is 6.35. The first-order chi connectivity index (χ1) is 12.7. The highest BCUT2D eigenvalue weighted by molar-refractivity contribution is 5.90. The molecule has 1 heterocycles. The molecule has 0 unspecified atom stereocenters. The highest BCUT2D eigenvalue weighted by atomic mass is 16.5. The van der Waals surface area contributed by atoms with Gasteiger partial charge in [0.15, 0.2) is 0 Å². The molecule has 1 aromatic heterocycles. The zero-order valence-corrected chi connectivity index (χ0v) is 14.4. The third-order valence-corrected chi connectivity index (χ3v) is 3.57. The van der Waals surface area contributed by atoms with Crippen molar-refractivity contribution in [2.75, 3.05) is 24.9 Å². The van der Waals surface area contributed by atoms with Gasteiger partial charge in [0.2, 0.25) is 0 Å². The van der Waals surface area contributed by atoms with E-state index in [0.29, 0.717) is 17.2 Å². The average molecular weight is 350 g/mol. The molecule has 26 heavy (non-hydrogen) atoms. The van der Waals surface area contributed by atoms with E-state index in [1.165, 1.54) is 13.4 Å². The van der Waals surface area contributed by atoms with E-state index in [0.717, 1.165) is 17.1 Å². The summed E-state index contributed by atoms with van der Waals surface area (Å²) < 4.78 is 9.95. The van der Waals surface area contributed by atoms with Crippen molar-refractivity contribution in [3.8, 4) is 5.75 Å². The average Bonchev–Trinajstić information content (AvgIpc) is 2.68. The Morgan fingerprint density at radius 2 is 1.54 bits per heavy atom. The lowest BCUT2D eigenvalue weighted by Crippen LogP contribution is -2.02. The normalized spacial score (nSPS) is 10.1. The second-order valence-electron chi connectivity index (χ2n) is 5.34. The van der Waals surface area contributed by atoms with Crippen molar-refractivity contribution in [2.45, 2.75) is 0 Å². The predicted octanol–water partition coefficient (Wildman–Crippen LogP) is 3.76. The Balaban J connectivity index is 1.76. The first-order valence-electron chi connectivity index (χ1n) is 7.86. The zero-order chi connectivity index (χ0) is 18.4. The quantitative estimate of drug-likeness (QED) is 0.655. The summed E-state index contributed by atoms with van der Waals surface area (Å²) in [5.41, 5.74) is 2.03. The van der Waals surface area contributed by atoms with Crippen molar-refractivity contribution in [1.29, 1.82) is 0 Å². The molecule has 0 saturated heterocycles. The molecule has 0 spiro atoms. The summed E-state index contributed by atoms with van der Waals surface area (Å²) in [6.07, 6.45) is 1.45. The third kappa shape index (κ3) is 4.27. The van der Waals surface area contributed by atoms with Crippen LogP contribution in [0.25, 0.3) is 0 Å². The molecule has 132 valence electrons. The maximum Gasteiger partial charge on any atom is 0.337 e. The fourth-order valence-electron chi connectivity index (χ4n) is 2.33. The lowest BCUT2D eigenvalue weighted by atomic mass is 10.2. The van der Waals surface area contributed by atoms with E-state index in [1.807, 2.05) is 30.3 Å². The molecule has 2 aromatic carbocycles. The van der Waals surface area contributed by atoms with Gasteiger partial charge in [0.25, 0.3) is 0 Å². The van der Waals surface area contributed by atoms with Crippen LogP contribution in [-0.4, -0.2) is 30.2 Å². The Labute approximate surface area is 151 Å². The highest BCUT2D eigenvalue weighted by Gasteiger charge is 2.07. The monoisotopic (exact) mass is 350 g/mol. The molecule has 7 nitrogen and oxygen atoms in total. The van der Waals surface area contributed by atoms with Crippen molar-refractivity contribution in [3.05, 3.63) is 66.5 Å². The maximum atomic E-state index is 11.6. The first kappa shape index (κ1) is 17.2. The van der Waals surface area contributed by atoms with E-state index >= 15 is 0 Å². The van der Waals surface area contributed by atoms with Crippen molar-refractivity contribution in [2.24, 2.45) is 0 Å². The number of nitrogens with one attached hydrogen (secondary N) is 2. The predicted molar refractivity (Wildman–Crippen MR) is 99.4 cm³/mol. The van der Waals surface area contributed by atoms with Gasteiger partial charge >= 0.3 is 5.97 Å². The van der Waals surface area contributed by atoms with Gasteiger partial charge < -0.3 is 20.1 Å². The first-order valence-corrected chi connectivity index (χ1v) is 7.86. The third-order valence-electron chi connectivity index (χ3n) is 3.57. The number of rotatable bonds is 6. The Morgan fingerprint density at radius 1 is 0.885 bits per heavy atom. The van der Waals surface area contributed by atoms with Crippen LogP contribution in [0.4, 0.5) is 23.0 Å². The second kappa shape index (κ2) is 7.98. The van der Waals surface area contributed by atoms with Crippen LogP contribution in [0, 0.1) is 0 Å². The van der Waals surface area contributed by atoms with Crippen molar-refractivity contribution < 1.29 is 14.3 Å². The van der Waals surface area contributed by atoms with Gasteiger partial charge in [0.1, 0.15) is 23.7 Å². The number of hydrogen-bond acceptors (Lipinski definition) is 7. The van der Waals surface area contributed by atoms with Crippen molar-refractivity contribution >= 4 is 29.0 Å². The second-order valence-corrected chi connectivity index (χ2v) is 5.34. The molecule has 0 bridgehead atoms. The van der Waals surface area contributed by atoms with Crippen LogP contribution in [0.2, 0.25) is 0 Å². The van der Waals surface area contributed by atoms with Crippen LogP contribution in [-0.2, 0) is 4.74 Å². The van der Waals surface area contributed by atoms with Gasteiger partial charge in [-0.25, -0.2) is 14.8 Å². The molecule has 3 aromatic rings. The number of methoxy groups -OCH3 is 2. The number of nitrogens with zero attached hydrogens (tertiary/aromatic N) is 2. The molecule has 7 heteroatoms. The summed E-state index contributed by atoms with van der Waals surface area (Å²) in [6, 6.07) is 16.3. The van der Waals surface area contributed by atoms with Gasteiger partial charge in [-0.1, -0.05) is 12.1 Å². The molecule has 2 N–H and O–H groups in total. The number of anilines is 4. The van der Waals surface area contributed by atoms with Crippen molar-refractivity contribution in [3.63, 3.8) is 0 Å². The van der Waals surface area contributed by atoms with Crippen LogP contribution in [0.5, 0.6) is 5.75 Å². The molecule has 0 fully saturated rings. The van der Waals surface area contributed by atoms with Crippen LogP contribution in [0.3, 0.4) is 0 Å². The number of benzene rings is 2. The van der Waals surface area contributed by atoms with Gasteiger partial charge in [-0.15, -0.1) is 0 Å². The lowest BCUT2D eigenvalue weighted by molar-refractivity contribution is 0.0601. The van der Waals surface area contributed by atoms with E-state index < -0.39 is 5.97 Å². The Morgan fingerprint density at radius 3 is 2.19 bits per heavy atom. The van der Waals surface area contributed by atoms with Crippen LogP contribution in [0.15, 0.2) is 60.9 Å². The summed E-state index contributed by atoms with van der Waals surface area (Å²) in [7, 11) is 2.97. The largest absolute Gasteiger partial charge is 0.497 e. The molecular formula is C19H18N4O3. The Bertz CT molecular complexity index is 915. The van der Waals surface area contributed by atoms with Gasteiger partial charge in [-0.3, -0.25) is 0 Å². The molecule has 0 aliphatic carbocycles. The maximum absolute atomic E-state index is 11.6. The Hall–Kier alpha value is -3.61. The van der Waals surface area contributed by atoms with Crippen molar-refractivity contribution in [1.82, 2.24) is 9.97 Å². The van der Waals surface area contributed by atoms with E-state index in [-0.39, 0.29) is 0 Å². The molecule has 0 aliphatic rings. The van der Waals surface area contributed by atoms with Gasteiger partial charge in [-0.05, 0) is 30.3 Å². The zero-order valence-electron chi connectivity index (χ0n) is 14.4. The van der Waals surface area contributed by atoms with Gasteiger partial charge in [0, 0.05) is 23.5 Å². The van der Waals surface area contributed by atoms with Crippen LogP contribution < -0.4 is 15.4 Å². The SMILES string of the molecule is COC(=O)c1cccc(Nc2cc(Nc3cccc(OC)c3)ncn2)c1. The minimum Gasteiger partial charge on any atom is -0.497 e. The Kier molecular flexibility index (Phi) is 5.28. The molecule has 0 amide bonds. The number of hydrogen-bond donors (Lipinski definition) is 2. The van der Waals surface area contributed by atoms with Crippen LogP contribution >= 0.6 is 0 Å². The number of esters is 1. The standard InChI is InChI=1S/C19H18N4O3/c1-25-16-8-4-7-15(10-16)23-18-11-17(20-12-21-18)22-14-6-3-5-13(9-14)19(24)26-2/h3-12H,1-2H3,(H2,20,21,22,23). The minimum absolute atomic E-state index is 0.392. The molecule has 3 rings (SSSR count). The van der Waals surface area contributed by atoms with Crippen LogP contribution in [0.1, 0.15) is 10.4 Å². The number of carbonyl (C=O) groups excluding carboxylic acids is 1. The topological polar surface area (TPSA) is 85.4 Å². The van der Waals surface area contributed by atoms with E-state index in [9.17, 15) is 4.79 Å². The number of ether oxygens (including phenoxy) is 2. The fraction of sp³-hybridized carbons (Fsp3) is 0.105. The summed E-state index contributed by atoms with van der Waals surface area (Å²) in [5.74, 6) is 1.58. The number of carbonyl (C=O) groups is 1. The molecule has 0 atom stereocenters. The number of aromatic nitrogens is 2. The highest BCUT2D eigenvalue weighted by Crippen LogP contribution is 2.22. The smallest absolute Gasteiger partial charge is 0.337 e. The van der Waals surface area contributed by atoms with E-state index in [4.69, 9.17) is 9.47 Å². The summed E-state index contributed by atoms with van der Waals surface area (Å²) in [4.78, 5) is 20.0. The summed E-state index contributed by atoms with van der Waals surface area (Å²) >= 11 is 0. The fourth-order valence-corrected chi connectivity index (χ4v) is 2.33. The van der Waals surface area contributed by atoms with E-state index in [2.05, 4.69) is 20.6 Å². The summed E-state index contributed by atoms with van der Waals surface area (Å²) in [6.45, 7) is 0. The molecule has 0 saturated carbocycles. The molecule has 0 aliphatic heterocycles. The molecule has 0 radical (unpaired) electrons. The van der Waals surface area contributed by atoms with E-state index in [1.54, 1.807) is 31.4 Å². The molecular weight excluding hydrogens is 332 g/mol.